The van der Waals surface area contributed by atoms with Gasteiger partial charge in [-0.15, -0.1) is 0 Å². The van der Waals surface area contributed by atoms with Gasteiger partial charge in [0.05, 0.1) is 16.9 Å². The lowest BCUT2D eigenvalue weighted by Gasteiger charge is -2.19. The Morgan fingerprint density at radius 2 is 1.89 bits per heavy atom. The van der Waals surface area contributed by atoms with Gasteiger partial charge in [0.25, 0.3) is 5.56 Å². The van der Waals surface area contributed by atoms with Crippen molar-refractivity contribution in [1.82, 2.24) is 14.9 Å². The van der Waals surface area contributed by atoms with Gasteiger partial charge in [0.2, 0.25) is 0 Å². The molecule has 0 aliphatic carbocycles. The second-order valence-electron chi connectivity index (χ2n) is 4.89. The van der Waals surface area contributed by atoms with E-state index in [4.69, 9.17) is 0 Å². The van der Waals surface area contributed by atoms with E-state index in [9.17, 15) is 4.79 Å². The van der Waals surface area contributed by atoms with Crippen LogP contribution in [0, 0.1) is 0 Å². The second-order valence-corrected chi connectivity index (χ2v) is 4.89. The first-order valence-electron chi connectivity index (χ1n) is 6.22. The van der Waals surface area contributed by atoms with Gasteiger partial charge in [-0.2, -0.15) is 0 Å². The predicted molar refractivity (Wildman–Crippen MR) is 73.7 cm³/mol. The fraction of sp³-hybridized carbons (Fsp3) is 0.429. The van der Waals surface area contributed by atoms with Crippen molar-refractivity contribution < 1.29 is 0 Å². The van der Waals surface area contributed by atoms with Crippen LogP contribution in [0.1, 0.15) is 32.6 Å². The maximum atomic E-state index is 12.2. The molecule has 0 saturated carbocycles. The van der Waals surface area contributed by atoms with Crippen molar-refractivity contribution in [3.8, 4) is 0 Å². The van der Waals surface area contributed by atoms with Gasteiger partial charge in [0, 0.05) is 13.1 Å². The molecule has 0 fully saturated rings. The monoisotopic (exact) mass is 245 g/mol. The molecule has 0 unspecified atom stereocenters. The minimum atomic E-state index is 0.00741. The normalized spacial score (nSPS) is 13.2. The zero-order valence-corrected chi connectivity index (χ0v) is 11.3. The molecule has 4 heteroatoms. The molecule has 0 saturated heterocycles. The van der Waals surface area contributed by atoms with Gasteiger partial charge >= 0.3 is 0 Å². The van der Waals surface area contributed by atoms with Gasteiger partial charge in [-0.25, -0.2) is 4.98 Å². The number of para-hydroxylation sites is 1. The lowest BCUT2D eigenvalue weighted by atomic mass is 10.2. The number of benzene rings is 1. The number of fused-ring (bicyclic) bond motifs is 1. The molecular weight excluding hydrogens is 226 g/mol. The molecule has 1 atom stereocenters. The summed E-state index contributed by atoms with van der Waals surface area (Å²) in [5.74, 6) is 0.771. The van der Waals surface area contributed by atoms with Crippen LogP contribution >= 0.6 is 0 Å². The van der Waals surface area contributed by atoms with Crippen molar-refractivity contribution in [2.24, 2.45) is 7.05 Å². The maximum Gasteiger partial charge on any atom is 0.261 e. The van der Waals surface area contributed by atoms with Gasteiger partial charge < -0.3 is 5.32 Å². The fourth-order valence-corrected chi connectivity index (χ4v) is 2.20. The molecule has 2 rings (SSSR count). The van der Waals surface area contributed by atoms with Gasteiger partial charge in [-0.1, -0.05) is 26.0 Å². The van der Waals surface area contributed by atoms with Crippen molar-refractivity contribution in [2.45, 2.75) is 32.9 Å². The Labute approximate surface area is 107 Å². The first kappa shape index (κ1) is 12.8. The molecule has 18 heavy (non-hydrogen) atoms. The molecule has 2 aromatic rings. The highest BCUT2D eigenvalue weighted by molar-refractivity contribution is 5.77. The summed E-state index contributed by atoms with van der Waals surface area (Å²) in [7, 11) is 1.77. The standard InChI is InChI=1S/C14H19N3O/c1-9(2)15-10(3)13-16-12-8-6-5-7-11(12)14(18)17(13)4/h5-10,15H,1-4H3/t10-/m0/s1. The highest BCUT2D eigenvalue weighted by Gasteiger charge is 2.14. The molecule has 0 aliphatic heterocycles. The molecule has 1 heterocycles. The van der Waals surface area contributed by atoms with Crippen LogP contribution in [0.3, 0.4) is 0 Å². The smallest absolute Gasteiger partial charge is 0.261 e. The number of rotatable bonds is 3. The third kappa shape index (κ3) is 2.29. The molecule has 0 radical (unpaired) electrons. The number of hydrogen-bond donors (Lipinski definition) is 1. The van der Waals surface area contributed by atoms with E-state index < -0.39 is 0 Å². The van der Waals surface area contributed by atoms with E-state index in [-0.39, 0.29) is 11.6 Å². The average molecular weight is 245 g/mol. The van der Waals surface area contributed by atoms with E-state index >= 15 is 0 Å². The first-order chi connectivity index (χ1) is 8.50. The summed E-state index contributed by atoms with van der Waals surface area (Å²) in [6, 6.07) is 7.85. The SMILES string of the molecule is CC(C)N[C@@H](C)c1nc2ccccc2c(=O)n1C. The summed E-state index contributed by atoms with van der Waals surface area (Å²) >= 11 is 0. The van der Waals surface area contributed by atoms with E-state index in [0.717, 1.165) is 11.3 Å². The molecule has 0 aliphatic rings. The Hall–Kier alpha value is -1.68. The molecule has 4 nitrogen and oxygen atoms in total. The van der Waals surface area contributed by atoms with Gasteiger partial charge in [-0.05, 0) is 19.1 Å². The molecule has 0 amide bonds. The van der Waals surface area contributed by atoms with Crippen molar-refractivity contribution in [2.75, 3.05) is 0 Å². The number of nitrogens with zero attached hydrogens (tertiary/aromatic N) is 2. The van der Waals surface area contributed by atoms with Crippen molar-refractivity contribution >= 4 is 10.9 Å². The minimum absolute atomic E-state index is 0.00741. The highest BCUT2D eigenvalue weighted by Crippen LogP contribution is 2.13. The van der Waals surface area contributed by atoms with Crippen LogP contribution in [0.5, 0.6) is 0 Å². The van der Waals surface area contributed by atoms with Crippen LogP contribution in [0.25, 0.3) is 10.9 Å². The molecule has 0 spiro atoms. The van der Waals surface area contributed by atoms with E-state index in [1.54, 1.807) is 11.6 Å². The molecule has 1 aromatic heterocycles. The van der Waals surface area contributed by atoms with E-state index in [2.05, 4.69) is 24.1 Å². The molecule has 0 bridgehead atoms. The predicted octanol–water partition coefficient (Wildman–Crippen LogP) is 1.99. The Balaban J connectivity index is 2.58. The minimum Gasteiger partial charge on any atom is -0.305 e. The van der Waals surface area contributed by atoms with Crippen molar-refractivity contribution in [3.63, 3.8) is 0 Å². The average Bonchev–Trinajstić information content (AvgIpc) is 2.33. The number of hydrogen-bond acceptors (Lipinski definition) is 3. The van der Waals surface area contributed by atoms with Gasteiger partial charge in [0.1, 0.15) is 5.82 Å². The van der Waals surface area contributed by atoms with Crippen molar-refractivity contribution in [3.05, 3.63) is 40.4 Å². The summed E-state index contributed by atoms with van der Waals surface area (Å²) in [5.41, 5.74) is 0.765. The van der Waals surface area contributed by atoms with Crippen LogP contribution in [0.15, 0.2) is 29.1 Å². The Kier molecular flexibility index (Phi) is 3.48. The molecular formula is C14H19N3O. The first-order valence-corrected chi connectivity index (χ1v) is 6.22. The zero-order chi connectivity index (χ0) is 13.3. The van der Waals surface area contributed by atoms with E-state index in [1.165, 1.54) is 0 Å². The summed E-state index contributed by atoms with van der Waals surface area (Å²) in [4.78, 5) is 16.8. The third-order valence-corrected chi connectivity index (χ3v) is 2.99. The van der Waals surface area contributed by atoms with Crippen LogP contribution in [-0.4, -0.2) is 15.6 Å². The quantitative estimate of drug-likeness (QED) is 0.899. The molecule has 96 valence electrons. The Bertz CT molecular complexity index is 616. The lowest BCUT2D eigenvalue weighted by Crippen LogP contribution is -2.32. The van der Waals surface area contributed by atoms with Gasteiger partial charge in [-0.3, -0.25) is 9.36 Å². The van der Waals surface area contributed by atoms with Gasteiger partial charge in [0.15, 0.2) is 0 Å². The highest BCUT2D eigenvalue weighted by atomic mass is 16.1. The van der Waals surface area contributed by atoms with Crippen LogP contribution in [0.2, 0.25) is 0 Å². The molecule has 1 N–H and O–H groups in total. The summed E-state index contributed by atoms with van der Waals surface area (Å²) in [6.45, 7) is 6.18. The van der Waals surface area contributed by atoms with Crippen LogP contribution < -0.4 is 10.9 Å². The Morgan fingerprint density at radius 3 is 2.56 bits per heavy atom. The summed E-state index contributed by atoms with van der Waals surface area (Å²) in [6.07, 6.45) is 0. The largest absolute Gasteiger partial charge is 0.305 e. The van der Waals surface area contributed by atoms with Crippen molar-refractivity contribution in [1.29, 1.82) is 0 Å². The van der Waals surface area contributed by atoms with E-state index in [0.29, 0.717) is 11.4 Å². The third-order valence-electron chi connectivity index (χ3n) is 2.99. The van der Waals surface area contributed by atoms with E-state index in [1.807, 2.05) is 31.2 Å². The second kappa shape index (κ2) is 4.90. The fourth-order valence-electron chi connectivity index (χ4n) is 2.20. The van der Waals surface area contributed by atoms with Crippen LogP contribution in [-0.2, 0) is 7.05 Å². The molecule has 1 aromatic carbocycles. The summed E-state index contributed by atoms with van der Waals surface area (Å²) in [5, 5.41) is 4.04. The topological polar surface area (TPSA) is 46.9 Å². The number of aromatic nitrogens is 2. The maximum absolute atomic E-state index is 12.2. The number of nitrogens with one attached hydrogen (secondary N) is 1. The Morgan fingerprint density at radius 1 is 1.22 bits per heavy atom. The zero-order valence-electron chi connectivity index (χ0n) is 11.3. The van der Waals surface area contributed by atoms with Crippen LogP contribution in [0.4, 0.5) is 0 Å². The lowest BCUT2D eigenvalue weighted by molar-refractivity contribution is 0.471. The summed E-state index contributed by atoms with van der Waals surface area (Å²) < 4.78 is 1.63.